The second kappa shape index (κ2) is 9.52. The Hall–Kier alpha value is -3.85. The first-order chi connectivity index (χ1) is 15.5. The van der Waals surface area contributed by atoms with Crippen molar-refractivity contribution in [2.45, 2.75) is 17.7 Å². The summed E-state index contributed by atoms with van der Waals surface area (Å²) in [5.41, 5.74) is 2.56. The zero-order valence-electron chi connectivity index (χ0n) is 17.0. The lowest BCUT2D eigenvalue weighted by molar-refractivity contribution is 0.311. The summed E-state index contributed by atoms with van der Waals surface area (Å²) in [6, 6.07) is 21.5. The Labute approximate surface area is 184 Å². The van der Waals surface area contributed by atoms with Crippen LogP contribution in [0.15, 0.2) is 92.0 Å². The molecule has 0 aliphatic heterocycles. The largest absolute Gasteiger partial charge is 0.494 e. The normalized spacial score (nSPS) is 11.8. The highest BCUT2D eigenvalue weighted by atomic mass is 32.2. The number of hydrogen-bond donors (Lipinski definition) is 2. The van der Waals surface area contributed by atoms with Crippen molar-refractivity contribution in [3.05, 3.63) is 94.5 Å². The Kier molecular flexibility index (Phi) is 6.37. The highest BCUT2D eigenvalue weighted by molar-refractivity contribution is 7.89. The fourth-order valence-corrected chi connectivity index (χ4v) is 3.88. The van der Waals surface area contributed by atoms with E-state index in [1.54, 1.807) is 24.3 Å². The van der Waals surface area contributed by atoms with E-state index in [4.69, 9.17) is 9.15 Å². The molecule has 9 heteroatoms. The minimum absolute atomic E-state index is 0.0656. The number of hydrazone groups is 1. The molecule has 0 fully saturated rings. The molecule has 0 saturated heterocycles. The van der Waals surface area contributed by atoms with Gasteiger partial charge in [0.15, 0.2) is 5.58 Å². The van der Waals surface area contributed by atoms with Crippen LogP contribution in [0.5, 0.6) is 5.75 Å². The first kappa shape index (κ1) is 21.4. The summed E-state index contributed by atoms with van der Waals surface area (Å²) in [6.07, 6.45) is 3.26. The number of sulfonamides is 1. The lowest BCUT2D eigenvalue weighted by Crippen LogP contribution is -2.18. The minimum Gasteiger partial charge on any atom is -0.494 e. The molecule has 4 aromatic rings. The standard InChI is InChI=1S/C23H21N3O5S/c27-23-25-21-13-12-20(15-22(21)31-23)32(28,29)26-24-16-18-8-10-19(11-9-18)30-14-4-7-17-5-2-1-3-6-17/h1-3,5-6,8-13,15-16,26H,4,7,14H2,(H,25,27)/b24-16+. The molecule has 0 unspecified atom stereocenters. The summed E-state index contributed by atoms with van der Waals surface area (Å²) in [6.45, 7) is 0.605. The molecule has 3 aromatic carbocycles. The van der Waals surface area contributed by atoms with E-state index in [2.05, 4.69) is 27.0 Å². The van der Waals surface area contributed by atoms with Gasteiger partial charge >= 0.3 is 5.76 Å². The highest BCUT2D eigenvalue weighted by Crippen LogP contribution is 2.16. The Morgan fingerprint density at radius 2 is 1.81 bits per heavy atom. The number of nitrogens with zero attached hydrogens (tertiary/aromatic N) is 1. The van der Waals surface area contributed by atoms with Gasteiger partial charge in [0.05, 0.1) is 23.2 Å². The number of aromatic nitrogens is 1. The first-order valence-electron chi connectivity index (χ1n) is 9.94. The molecule has 8 nitrogen and oxygen atoms in total. The van der Waals surface area contributed by atoms with Gasteiger partial charge in [0.1, 0.15) is 5.75 Å². The maximum atomic E-state index is 12.4. The van der Waals surface area contributed by atoms with Crippen LogP contribution < -0.4 is 15.3 Å². The summed E-state index contributed by atoms with van der Waals surface area (Å²) in [7, 11) is -3.91. The van der Waals surface area contributed by atoms with Gasteiger partial charge in [-0.3, -0.25) is 4.98 Å². The molecule has 0 aliphatic rings. The molecular formula is C23H21N3O5S. The van der Waals surface area contributed by atoms with Crippen LogP contribution in [0.4, 0.5) is 0 Å². The van der Waals surface area contributed by atoms with Gasteiger partial charge in [-0.25, -0.2) is 9.63 Å². The number of nitrogens with one attached hydrogen (secondary N) is 2. The zero-order valence-corrected chi connectivity index (χ0v) is 17.8. The molecule has 0 aliphatic carbocycles. The zero-order chi connectivity index (χ0) is 22.4. The smallest absolute Gasteiger partial charge is 0.417 e. The van der Waals surface area contributed by atoms with Crippen LogP contribution >= 0.6 is 0 Å². The lowest BCUT2D eigenvalue weighted by Gasteiger charge is -2.06. The van der Waals surface area contributed by atoms with E-state index in [9.17, 15) is 13.2 Å². The van der Waals surface area contributed by atoms with E-state index in [0.29, 0.717) is 17.7 Å². The number of oxazole rings is 1. The summed E-state index contributed by atoms with van der Waals surface area (Å²) < 4.78 is 35.4. The van der Waals surface area contributed by atoms with E-state index < -0.39 is 15.8 Å². The van der Waals surface area contributed by atoms with Gasteiger partial charge in [0, 0.05) is 6.07 Å². The molecule has 0 amide bonds. The molecule has 0 bridgehead atoms. The van der Waals surface area contributed by atoms with Gasteiger partial charge in [0.2, 0.25) is 0 Å². The lowest BCUT2D eigenvalue weighted by atomic mass is 10.1. The van der Waals surface area contributed by atoms with Gasteiger partial charge in [-0.05, 0) is 60.4 Å². The van der Waals surface area contributed by atoms with Crippen LogP contribution in [0.3, 0.4) is 0 Å². The third-order valence-electron chi connectivity index (χ3n) is 4.69. The number of benzene rings is 3. The van der Waals surface area contributed by atoms with Crippen LogP contribution in [-0.2, 0) is 16.4 Å². The number of ether oxygens (including phenoxy) is 1. The number of hydrogen-bond acceptors (Lipinski definition) is 6. The minimum atomic E-state index is -3.91. The van der Waals surface area contributed by atoms with Gasteiger partial charge in [-0.1, -0.05) is 30.3 Å². The van der Waals surface area contributed by atoms with Crippen molar-refractivity contribution in [2.75, 3.05) is 6.61 Å². The number of fused-ring (bicyclic) bond motifs is 1. The molecule has 0 saturated carbocycles. The van der Waals surface area contributed by atoms with Crippen molar-refractivity contribution in [3.63, 3.8) is 0 Å². The summed E-state index contributed by atoms with van der Waals surface area (Å²) >= 11 is 0. The predicted molar refractivity (Wildman–Crippen MR) is 121 cm³/mol. The van der Waals surface area contributed by atoms with Crippen molar-refractivity contribution in [1.82, 2.24) is 9.82 Å². The topological polar surface area (TPSA) is 114 Å². The van der Waals surface area contributed by atoms with Crippen molar-refractivity contribution in [3.8, 4) is 5.75 Å². The Morgan fingerprint density at radius 1 is 1.03 bits per heavy atom. The van der Waals surface area contributed by atoms with E-state index >= 15 is 0 Å². The summed E-state index contributed by atoms with van der Waals surface area (Å²) in [5.74, 6) is 0.0845. The molecule has 0 radical (unpaired) electrons. The molecule has 4 rings (SSSR count). The molecular weight excluding hydrogens is 430 g/mol. The monoisotopic (exact) mass is 451 g/mol. The van der Waals surface area contributed by atoms with Gasteiger partial charge in [0.25, 0.3) is 10.0 Å². The van der Waals surface area contributed by atoms with Gasteiger partial charge in [-0.15, -0.1) is 0 Å². The molecule has 1 aromatic heterocycles. The van der Waals surface area contributed by atoms with Crippen molar-refractivity contribution >= 4 is 27.3 Å². The van der Waals surface area contributed by atoms with Crippen LogP contribution in [-0.4, -0.2) is 26.2 Å². The van der Waals surface area contributed by atoms with Crippen LogP contribution in [0.2, 0.25) is 0 Å². The first-order valence-corrected chi connectivity index (χ1v) is 11.4. The molecule has 1 heterocycles. The maximum absolute atomic E-state index is 12.4. The third-order valence-corrected chi connectivity index (χ3v) is 5.91. The third kappa shape index (κ3) is 5.44. The highest BCUT2D eigenvalue weighted by Gasteiger charge is 2.15. The summed E-state index contributed by atoms with van der Waals surface area (Å²) in [5, 5.41) is 3.81. The molecule has 164 valence electrons. The number of rotatable bonds is 9. The second-order valence-corrected chi connectivity index (χ2v) is 8.69. The van der Waals surface area contributed by atoms with Gasteiger partial charge < -0.3 is 9.15 Å². The van der Waals surface area contributed by atoms with E-state index in [0.717, 1.165) is 18.6 Å². The van der Waals surface area contributed by atoms with Crippen molar-refractivity contribution in [1.29, 1.82) is 0 Å². The maximum Gasteiger partial charge on any atom is 0.417 e. The van der Waals surface area contributed by atoms with Crippen LogP contribution in [0, 0.1) is 0 Å². The fraction of sp³-hybridized carbons (Fsp3) is 0.130. The van der Waals surface area contributed by atoms with Crippen molar-refractivity contribution < 1.29 is 17.6 Å². The fourth-order valence-electron chi connectivity index (χ4n) is 3.08. The second-order valence-electron chi connectivity index (χ2n) is 7.03. The Bertz CT molecular complexity index is 1370. The Morgan fingerprint density at radius 3 is 2.59 bits per heavy atom. The van der Waals surface area contributed by atoms with Crippen LogP contribution in [0.1, 0.15) is 17.5 Å². The van der Waals surface area contributed by atoms with Gasteiger partial charge in [-0.2, -0.15) is 13.5 Å². The average Bonchev–Trinajstić information content (AvgIpc) is 3.17. The van der Waals surface area contributed by atoms with E-state index in [-0.39, 0.29) is 10.5 Å². The Balaban J connectivity index is 1.29. The SMILES string of the molecule is O=c1[nH]c2ccc(S(=O)(=O)N/N=C/c3ccc(OCCCc4ccccc4)cc3)cc2o1. The predicted octanol–water partition coefficient (Wildman–Crippen LogP) is 3.45. The van der Waals surface area contributed by atoms with Crippen molar-refractivity contribution in [2.24, 2.45) is 5.10 Å². The average molecular weight is 452 g/mol. The number of aryl methyl sites for hydroxylation is 1. The van der Waals surface area contributed by atoms with E-state index in [1.165, 1.54) is 30.0 Å². The molecule has 0 atom stereocenters. The molecule has 2 N–H and O–H groups in total. The number of H-pyrrole nitrogens is 1. The summed E-state index contributed by atoms with van der Waals surface area (Å²) in [4.78, 5) is 15.8. The molecule has 0 spiro atoms. The van der Waals surface area contributed by atoms with E-state index in [1.807, 2.05) is 18.2 Å². The van der Waals surface area contributed by atoms with Crippen LogP contribution in [0.25, 0.3) is 11.1 Å². The molecule has 32 heavy (non-hydrogen) atoms. The quantitative estimate of drug-likeness (QED) is 0.230. The number of aromatic amines is 1.